The number of carboxylic acid groups (broad SMARTS) is 1. The Morgan fingerprint density at radius 1 is 1.38 bits per heavy atom. The highest BCUT2D eigenvalue weighted by Crippen LogP contribution is 2.03. The Morgan fingerprint density at radius 3 is 2.54 bits per heavy atom. The smallest absolute Gasteiger partial charge is 0.362 e. The van der Waals surface area contributed by atoms with E-state index in [1.54, 1.807) is 0 Å². The minimum atomic E-state index is -0.823. The molecule has 1 atom stereocenters. The maximum Gasteiger partial charge on any atom is 0.362 e. The molecule has 1 rings (SSSR count). The van der Waals surface area contributed by atoms with Gasteiger partial charge in [0.05, 0.1) is 0 Å². The van der Waals surface area contributed by atoms with Gasteiger partial charge in [0.25, 0.3) is 0 Å². The molecule has 0 bridgehead atoms. The van der Waals surface area contributed by atoms with Gasteiger partial charge >= 0.3 is 5.97 Å². The third-order valence-electron chi connectivity index (χ3n) is 1.97. The fourth-order valence-electron chi connectivity index (χ4n) is 1.11. The second kappa shape index (κ2) is 4.62. The highest BCUT2D eigenvalue weighted by molar-refractivity contribution is 5.71. The fraction of sp³-hybridized carbons (Fsp3) is 0.300. The van der Waals surface area contributed by atoms with E-state index in [1.807, 2.05) is 30.3 Å². The summed E-state index contributed by atoms with van der Waals surface area (Å²) in [5.41, 5.74) is 4.72. The van der Waals surface area contributed by atoms with Gasteiger partial charge in [0.15, 0.2) is 6.04 Å². The molecule has 70 valence electrons. The molecule has 0 saturated heterocycles. The number of carboxylic acids is 1. The maximum atomic E-state index is 10.5. The Labute approximate surface area is 77.2 Å². The monoisotopic (exact) mass is 180 g/mol. The van der Waals surface area contributed by atoms with Gasteiger partial charge < -0.3 is 10.8 Å². The zero-order valence-electron chi connectivity index (χ0n) is 7.44. The first-order valence-corrected chi connectivity index (χ1v) is 4.30. The maximum absolute atomic E-state index is 10.5. The number of benzene rings is 1. The highest BCUT2D eigenvalue weighted by Gasteiger charge is 2.14. The SMILES string of the molecule is [NH3+][C@H](CCc1ccccc1)C(=O)O. The number of hydrogen-bond donors (Lipinski definition) is 2. The van der Waals surface area contributed by atoms with Crippen LogP contribution in [0.2, 0.25) is 0 Å². The lowest BCUT2D eigenvalue weighted by Gasteiger charge is -2.02. The molecule has 0 unspecified atom stereocenters. The summed E-state index contributed by atoms with van der Waals surface area (Å²) < 4.78 is 0. The molecule has 0 radical (unpaired) electrons. The first-order chi connectivity index (χ1) is 6.20. The number of rotatable bonds is 4. The van der Waals surface area contributed by atoms with E-state index in [-0.39, 0.29) is 0 Å². The molecule has 1 aromatic carbocycles. The molecule has 1 aromatic rings. The van der Waals surface area contributed by atoms with Crippen LogP contribution in [0.5, 0.6) is 0 Å². The van der Waals surface area contributed by atoms with Crippen LogP contribution >= 0.6 is 0 Å². The van der Waals surface area contributed by atoms with Gasteiger partial charge in [-0.25, -0.2) is 4.79 Å². The number of hydrogen-bond acceptors (Lipinski definition) is 1. The number of aliphatic carboxylic acids is 1. The molecule has 0 saturated carbocycles. The van der Waals surface area contributed by atoms with Crippen LogP contribution in [0.25, 0.3) is 0 Å². The van der Waals surface area contributed by atoms with Gasteiger partial charge in [0, 0.05) is 6.42 Å². The van der Waals surface area contributed by atoms with E-state index in [4.69, 9.17) is 5.11 Å². The van der Waals surface area contributed by atoms with Crippen molar-refractivity contribution in [3.8, 4) is 0 Å². The molecular formula is C10H14NO2+. The lowest BCUT2D eigenvalue weighted by Crippen LogP contribution is -2.65. The van der Waals surface area contributed by atoms with Crippen molar-refractivity contribution in [1.82, 2.24) is 0 Å². The average Bonchev–Trinajstić information content (AvgIpc) is 2.15. The van der Waals surface area contributed by atoms with E-state index in [0.29, 0.717) is 6.42 Å². The fourth-order valence-corrected chi connectivity index (χ4v) is 1.11. The van der Waals surface area contributed by atoms with E-state index >= 15 is 0 Å². The van der Waals surface area contributed by atoms with Gasteiger partial charge in [0.2, 0.25) is 0 Å². The third kappa shape index (κ3) is 3.25. The Kier molecular flexibility index (Phi) is 3.46. The molecule has 13 heavy (non-hydrogen) atoms. The van der Waals surface area contributed by atoms with Gasteiger partial charge in [-0.15, -0.1) is 0 Å². The molecule has 3 heteroatoms. The molecular weight excluding hydrogens is 166 g/mol. The lowest BCUT2D eigenvalue weighted by atomic mass is 10.1. The van der Waals surface area contributed by atoms with Gasteiger partial charge in [-0.2, -0.15) is 0 Å². The molecule has 0 spiro atoms. The van der Waals surface area contributed by atoms with Crippen molar-refractivity contribution < 1.29 is 15.6 Å². The van der Waals surface area contributed by atoms with E-state index in [0.717, 1.165) is 12.0 Å². The van der Waals surface area contributed by atoms with Crippen molar-refractivity contribution in [2.24, 2.45) is 0 Å². The van der Waals surface area contributed by atoms with Crippen molar-refractivity contribution in [2.45, 2.75) is 18.9 Å². The predicted molar refractivity (Wildman–Crippen MR) is 49.1 cm³/mol. The molecule has 0 fully saturated rings. The van der Waals surface area contributed by atoms with Crippen molar-refractivity contribution >= 4 is 5.97 Å². The summed E-state index contributed by atoms with van der Waals surface area (Å²) >= 11 is 0. The molecule has 0 aliphatic carbocycles. The Balaban J connectivity index is 2.39. The Bertz CT molecular complexity index is 272. The molecule has 0 amide bonds. The van der Waals surface area contributed by atoms with Crippen molar-refractivity contribution in [3.63, 3.8) is 0 Å². The van der Waals surface area contributed by atoms with Crippen LogP contribution in [0.15, 0.2) is 30.3 Å². The van der Waals surface area contributed by atoms with Crippen LogP contribution in [-0.2, 0) is 11.2 Å². The average molecular weight is 180 g/mol. The zero-order valence-corrected chi connectivity index (χ0v) is 7.44. The second-order valence-corrected chi connectivity index (χ2v) is 3.06. The van der Waals surface area contributed by atoms with Crippen LogP contribution in [-0.4, -0.2) is 17.1 Å². The summed E-state index contributed by atoms with van der Waals surface area (Å²) in [6.07, 6.45) is 1.38. The summed E-state index contributed by atoms with van der Waals surface area (Å²) in [5.74, 6) is -0.823. The summed E-state index contributed by atoms with van der Waals surface area (Å²) in [5, 5.41) is 8.60. The van der Waals surface area contributed by atoms with Crippen molar-refractivity contribution in [2.75, 3.05) is 0 Å². The summed E-state index contributed by atoms with van der Waals surface area (Å²) in [6, 6.07) is 9.34. The highest BCUT2D eigenvalue weighted by atomic mass is 16.4. The lowest BCUT2D eigenvalue weighted by molar-refractivity contribution is -0.408. The summed E-state index contributed by atoms with van der Waals surface area (Å²) in [4.78, 5) is 10.5. The molecule has 0 heterocycles. The molecule has 0 aliphatic heterocycles. The second-order valence-electron chi connectivity index (χ2n) is 3.06. The van der Waals surface area contributed by atoms with Crippen LogP contribution in [0.1, 0.15) is 12.0 Å². The van der Waals surface area contributed by atoms with Crippen molar-refractivity contribution in [3.05, 3.63) is 35.9 Å². The topological polar surface area (TPSA) is 64.9 Å². The molecule has 4 N–H and O–H groups in total. The Hall–Kier alpha value is -1.35. The predicted octanol–water partition coefficient (Wildman–Crippen LogP) is 0.314. The van der Waals surface area contributed by atoms with Crippen LogP contribution in [0, 0.1) is 0 Å². The van der Waals surface area contributed by atoms with Gasteiger partial charge in [-0.05, 0) is 12.0 Å². The van der Waals surface area contributed by atoms with Gasteiger partial charge in [0.1, 0.15) is 0 Å². The van der Waals surface area contributed by atoms with E-state index in [2.05, 4.69) is 5.73 Å². The van der Waals surface area contributed by atoms with Crippen molar-refractivity contribution in [1.29, 1.82) is 0 Å². The minimum absolute atomic E-state index is 0.500. The van der Waals surface area contributed by atoms with Crippen LogP contribution in [0.3, 0.4) is 0 Å². The molecule has 3 nitrogen and oxygen atoms in total. The molecule has 0 aliphatic rings. The van der Waals surface area contributed by atoms with E-state index in [9.17, 15) is 4.79 Å². The number of carbonyl (C=O) groups is 1. The van der Waals surface area contributed by atoms with Gasteiger partial charge in [-0.1, -0.05) is 30.3 Å². The third-order valence-corrected chi connectivity index (χ3v) is 1.97. The first-order valence-electron chi connectivity index (χ1n) is 4.30. The Morgan fingerprint density at radius 2 is 2.00 bits per heavy atom. The quantitative estimate of drug-likeness (QED) is 0.700. The summed E-state index contributed by atoms with van der Waals surface area (Å²) in [6.45, 7) is 0. The van der Waals surface area contributed by atoms with Gasteiger partial charge in [-0.3, -0.25) is 0 Å². The number of quaternary nitrogens is 1. The van der Waals surface area contributed by atoms with E-state index in [1.165, 1.54) is 0 Å². The largest absolute Gasteiger partial charge is 0.477 e. The normalized spacial score (nSPS) is 12.4. The first kappa shape index (κ1) is 9.74. The van der Waals surface area contributed by atoms with Crippen LogP contribution in [0.4, 0.5) is 0 Å². The standard InChI is InChI=1S/C10H13NO2/c11-9(10(12)13)7-6-8-4-2-1-3-5-8/h1-5,9H,6-7,11H2,(H,12,13)/p+1/t9-/m1/s1. The van der Waals surface area contributed by atoms with Crippen LogP contribution < -0.4 is 5.73 Å². The van der Waals surface area contributed by atoms with E-state index < -0.39 is 12.0 Å². The summed E-state index contributed by atoms with van der Waals surface area (Å²) in [7, 11) is 0. The zero-order chi connectivity index (χ0) is 9.68. The number of aryl methyl sites for hydroxylation is 1. The molecule has 0 aromatic heterocycles. The minimum Gasteiger partial charge on any atom is -0.477 e.